The number of aromatic nitrogens is 4. The van der Waals surface area contributed by atoms with Crippen LogP contribution in [0.25, 0.3) is 16.8 Å². The molecule has 4 heterocycles. The largest absolute Gasteiger partial charge is 0.495 e. The summed E-state index contributed by atoms with van der Waals surface area (Å²) >= 11 is 0. The molecule has 0 spiro atoms. The van der Waals surface area contributed by atoms with Gasteiger partial charge in [-0.15, -0.1) is 5.10 Å². The second-order valence-electron chi connectivity index (χ2n) is 8.83. The molecule has 1 aromatic carbocycles. The fourth-order valence-electron chi connectivity index (χ4n) is 4.48. The van der Waals surface area contributed by atoms with Gasteiger partial charge in [-0.25, -0.2) is 9.50 Å². The van der Waals surface area contributed by atoms with Gasteiger partial charge in [0.05, 0.1) is 30.7 Å². The first-order valence-corrected chi connectivity index (χ1v) is 11.7. The number of likely N-dealkylation sites (N-methyl/N-ethyl adjacent to an activating group) is 1. The fraction of sp³-hybridized carbons (Fsp3) is 0.308. The van der Waals surface area contributed by atoms with E-state index in [2.05, 4.69) is 44.5 Å². The Balaban J connectivity index is 1.45. The van der Waals surface area contributed by atoms with E-state index < -0.39 is 6.17 Å². The molecule has 3 aromatic heterocycles. The number of carbonyl (C=O) groups is 1. The van der Waals surface area contributed by atoms with Gasteiger partial charge in [0.2, 0.25) is 5.95 Å². The zero-order valence-corrected chi connectivity index (χ0v) is 20.2. The molecule has 0 fully saturated rings. The maximum absolute atomic E-state index is 13.2. The van der Waals surface area contributed by atoms with Crippen molar-refractivity contribution < 1.29 is 9.53 Å². The topological polar surface area (TPSA) is 87.9 Å². The van der Waals surface area contributed by atoms with Crippen molar-refractivity contribution in [3.05, 3.63) is 72.2 Å². The van der Waals surface area contributed by atoms with Crippen LogP contribution in [-0.4, -0.2) is 75.7 Å². The number of hydrogen-bond donors (Lipinski definition) is 1. The summed E-state index contributed by atoms with van der Waals surface area (Å²) in [6.45, 7) is 1.53. The molecule has 1 aliphatic rings. The van der Waals surface area contributed by atoms with E-state index in [1.165, 1.54) is 11.1 Å². The van der Waals surface area contributed by atoms with Crippen LogP contribution in [0.15, 0.2) is 61.1 Å². The average Bonchev–Trinajstić information content (AvgIpc) is 3.19. The molecule has 35 heavy (non-hydrogen) atoms. The Bertz CT molecular complexity index is 1320. The summed E-state index contributed by atoms with van der Waals surface area (Å²) in [5.41, 5.74) is 5.26. The van der Waals surface area contributed by atoms with Crippen LogP contribution in [0.2, 0.25) is 0 Å². The minimum atomic E-state index is -0.575. The van der Waals surface area contributed by atoms with Crippen LogP contribution in [0.1, 0.15) is 11.1 Å². The number of benzene rings is 1. The van der Waals surface area contributed by atoms with Gasteiger partial charge < -0.3 is 15.0 Å². The first-order chi connectivity index (χ1) is 17.0. The summed E-state index contributed by atoms with van der Waals surface area (Å²) in [6, 6.07) is 14.3. The lowest BCUT2D eigenvalue weighted by atomic mass is 10.0. The van der Waals surface area contributed by atoms with Gasteiger partial charge >= 0.3 is 0 Å². The Kier molecular flexibility index (Phi) is 6.33. The quantitative estimate of drug-likeness (QED) is 0.463. The van der Waals surface area contributed by atoms with Crippen molar-refractivity contribution in [2.45, 2.75) is 19.0 Å². The van der Waals surface area contributed by atoms with Crippen LogP contribution in [-0.2, 0) is 17.6 Å². The minimum Gasteiger partial charge on any atom is -0.495 e. The Morgan fingerprint density at radius 3 is 2.49 bits per heavy atom. The van der Waals surface area contributed by atoms with Crippen LogP contribution in [0.5, 0.6) is 5.75 Å². The van der Waals surface area contributed by atoms with Crippen LogP contribution in [0.3, 0.4) is 0 Å². The summed E-state index contributed by atoms with van der Waals surface area (Å²) < 4.78 is 7.13. The number of rotatable bonds is 6. The lowest BCUT2D eigenvalue weighted by Crippen LogP contribution is -2.52. The highest BCUT2D eigenvalue weighted by molar-refractivity contribution is 5.83. The van der Waals surface area contributed by atoms with E-state index in [1.807, 2.05) is 18.2 Å². The van der Waals surface area contributed by atoms with Crippen LogP contribution < -0.4 is 10.1 Å². The number of carbonyl (C=O) groups excluding carboxylic acids is 1. The lowest BCUT2D eigenvalue weighted by Gasteiger charge is -2.31. The number of ether oxygens (including phenoxy) is 1. The summed E-state index contributed by atoms with van der Waals surface area (Å²) in [5, 5.41) is 8.05. The van der Waals surface area contributed by atoms with E-state index in [4.69, 9.17) is 9.84 Å². The summed E-state index contributed by atoms with van der Waals surface area (Å²) in [4.78, 5) is 25.8. The second-order valence-corrected chi connectivity index (χ2v) is 8.83. The normalized spacial score (nSPS) is 14.7. The van der Waals surface area contributed by atoms with E-state index in [-0.39, 0.29) is 5.91 Å². The van der Waals surface area contributed by atoms with E-state index in [0.29, 0.717) is 11.7 Å². The average molecular weight is 472 g/mol. The summed E-state index contributed by atoms with van der Waals surface area (Å²) in [7, 11) is 5.16. The molecule has 1 amide bonds. The maximum Gasteiger partial charge on any atom is 0.259 e. The van der Waals surface area contributed by atoms with Gasteiger partial charge in [-0.05, 0) is 42.2 Å². The third kappa shape index (κ3) is 4.67. The second kappa shape index (κ2) is 9.71. The van der Waals surface area contributed by atoms with Crippen molar-refractivity contribution in [2.75, 3.05) is 39.6 Å². The van der Waals surface area contributed by atoms with Crippen LogP contribution >= 0.6 is 0 Å². The molecule has 1 unspecified atom stereocenters. The fourth-order valence-corrected chi connectivity index (χ4v) is 4.48. The molecule has 9 heteroatoms. The summed E-state index contributed by atoms with van der Waals surface area (Å²) in [6.07, 6.45) is 6.39. The van der Waals surface area contributed by atoms with E-state index in [0.717, 1.165) is 42.7 Å². The molecule has 0 radical (unpaired) electrons. The predicted molar refractivity (Wildman–Crippen MR) is 134 cm³/mol. The number of pyridine rings is 1. The van der Waals surface area contributed by atoms with Crippen molar-refractivity contribution in [3.8, 4) is 17.0 Å². The van der Waals surface area contributed by atoms with Gasteiger partial charge in [-0.3, -0.25) is 14.7 Å². The third-order valence-corrected chi connectivity index (χ3v) is 6.40. The van der Waals surface area contributed by atoms with Crippen molar-refractivity contribution >= 4 is 17.4 Å². The molecule has 1 N–H and O–H groups in total. The molecule has 180 valence electrons. The highest BCUT2D eigenvalue weighted by Gasteiger charge is 2.29. The van der Waals surface area contributed by atoms with E-state index in [1.54, 1.807) is 49.2 Å². The van der Waals surface area contributed by atoms with Gasteiger partial charge in [0.15, 0.2) is 6.17 Å². The number of methoxy groups -OCH3 is 1. The molecule has 9 nitrogen and oxygen atoms in total. The van der Waals surface area contributed by atoms with Crippen molar-refractivity contribution in [2.24, 2.45) is 0 Å². The summed E-state index contributed by atoms with van der Waals surface area (Å²) in [5.74, 6) is 1.01. The highest BCUT2D eigenvalue weighted by Crippen LogP contribution is 2.25. The van der Waals surface area contributed by atoms with Gasteiger partial charge in [-0.2, -0.15) is 0 Å². The van der Waals surface area contributed by atoms with E-state index in [9.17, 15) is 4.79 Å². The standard InChI is InChI=1S/C26H29N7O2/c1-31(2)25(34)24(32-12-10-18-6-4-5-7-19(18)11-13-32)29-26-28-16-21-8-9-23(33(21)30-26)20-14-22(35-3)17-27-15-20/h4-9,14-17,24H,10-13H2,1-3H3,(H,29,30). The first-order valence-electron chi connectivity index (χ1n) is 11.7. The number of nitrogens with zero attached hydrogens (tertiary/aromatic N) is 6. The van der Waals surface area contributed by atoms with Gasteiger partial charge in [0.25, 0.3) is 5.91 Å². The highest BCUT2D eigenvalue weighted by atomic mass is 16.5. The Labute approximate surface area is 204 Å². The smallest absolute Gasteiger partial charge is 0.259 e. The predicted octanol–water partition coefficient (Wildman–Crippen LogP) is 2.73. The SMILES string of the molecule is COc1cncc(-c2ccc3cnc(NC(C(=O)N(C)C)N4CCc5ccccc5CC4)nn23)c1. The Morgan fingerprint density at radius 2 is 1.80 bits per heavy atom. The number of nitrogens with one attached hydrogen (secondary N) is 1. The Morgan fingerprint density at radius 1 is 1.06 bits per heavy atom. The van der Waals surface area contributed by atoms with Gasteiger partial charge in [-0.1, -0.05) is 24.3 Å². The molecule has 4 aromatic rings. The zero-order chi connectivity index (χ0) is 24.4. The van der Waals surface area contributed by atoms with Crippen LogP contribution in [0.4, 0.5) is 5.95 Å². The monoisotopic (exact) mass is 471 g/mol. The van der Waals surface area contributed by atoms with Crippen LogP contribution in [0, 0.1) is 0 Å². The molecule has 0 bridgehead atoms. The maximum atomic E-state index is 13.2. The van der Waals surface area contributed by atoms with Crippen molar-refractivity contribution in [1.82, 2.24) is 29.4 Å². The number of amides is 1. The first kappa shape index (κ1) is 22.8. The van der Waals surface area contributed by atoms with Gasteiger partial charge in [0.1, 0.15) is 5.75 Å². The molecule has 0 saturated heterocycles. The zero-order valence-electron chi connectivity index (χ0n) is 20.2. The lowest BCUT2D eigenvalue weighted by molar-refractivity contribution is -0.133. The molecule has 1 atom stereocenters. The van der Waals surface area contributed by atoms with Gasteiger partial charge in [0, 0.05) is 38.9 Å². The molecule has 0 saturated carbocycles. The van der Waals surface area contributed by atoms with Crippen molar-refractivity contribution in [3.63, 3.8) is 0 Å². The van der Waals surface area contributed by atoms with E-state index >= 15 is 0 Å². The Hall–Kier alpha value is -3.98. The molecule has 1 aliphatic heterocycles. The molecule has 0 aliphatic carbocycles. The third-order valence-electron chi connectivity index (χ3n) is 6.40. The molecular weight excluding hydrogens is 442 g/mol. The number of hydrogen-bond acceptors (Lipinski definition) is 7. The minimum absolute atomic E-state index is 0.0376. The number of anilines is 1. The molecule has 5 rings (SSSR count). The number of fused-ring (bicyclic) bond motifs is 2. The molecular formula is C26H29N7O2. The van der Waals surface area contributed by atoms with Crippen molar-refractivity contribution in [1.29, 1.82) is 0 Å².